The molecule has 0 N–H and O–H groups in total. The fourth-order valence-electron chi connectivity index (χ4n) is 1.04. The summed E-state index contributed by atoms with van der Waals surface area (Å²) in [5.41, 5.74) is 0.701. The molecule has 1 aromatic carbocycles. The number of aromatic nitrogens is 1. The first-order valence-corrected chi connectivity index (χ1v) is 3.37. The average molecular weight is 163 g/mol. The summed E-state index contributed by atoms with van der Waals surface area (Å²) >= 11 is 0. The van der Waals surface area contributed by atoms with Crippen LogP contribution < -0.4 is 0 Å². The van der Waals surface area contributed by atoms with E-state index in [4.69, 9.17) is 0 Å². The van der Waals surface area contributed by atoms with Crippen molar-refractivity contribution in [2.75, 3.05) is 0 Å². The van der Waals surface area contributed by atoms with Crippen molar-refractivity contribution in [1.29, 1.82) is 0 Å². The van der Waals surface area contributed by atoms with Gasteiger partial charge in [-0.1, -0.05) is 25.6 Å². The molecule has 0 amide bonds. The van der Waals surface area contributed by atoms with E-state index in [1.807, 2.05) is 18.2 Å². The van der Waals surface area contributed by atoms with E-state index < -0.39 is 5.95 Å². The van der Waals surface area contributed by atoms with E-state index in [-0.39, 0.29) is 7.43 Å². The molecule has 1 heterocycles. The smallest absolute Gasteiger partial charge is 0.213 e. The Labute approximate surface area is 70.9 Å². The van der Waals surface area contributed by atoms with Crippen molar-refractivity contribution in [1.82, 2.24) is 4.98 Å². The summed E-state index contributed by atoms with van der Waals surface area (Å²) in [6, 6.07) is 10.5. The highest BCUT2D eigenvalue weighted by atomic mass is 19.1. The molecular weight excluding hydrogens is 153 g/mol. The van der Waals surface area contributed by atoms with Gasteiger partial charge in [-0.05, 0) is 18.2 Å². The molecule has 0 bridgehead atoms. The topological polar surface area (TPSA) is 12.9 Å². The van der Waals surface area contributed by atoms with Gasteiger partial charge >= 0.3 is 0 Å². The Balaban J connectivity index is 0.000000720. The van der Waals surface area contributed by atoms with Crippen LogP contribution in [0.5, 0.6) is 0 Å². The molecule has 0 atom stereocenters. The minimum atomic E-state index is -0.427. The molecule has 0 aliphatic heterocycles. The Hall–Kier alpha value is -1.44. The highest BCUT2D eigenvalue weighted by Crippen LogP contribution is 2.10. The highest BCUT2D eigenvalue weighted by molar-refractivity contribution is 5.77. The molecule has 0 fully saturated rings. The van der Waals surface area contributed by atoms with E-state index in [0.717, 1.165) is 5.39 Å². The summed E-state index contributed by atoms with van der Waals surface area (Å²) in [5.74, 6) is -0.427. The van der Waals surface area contributed by atoms with Gasteiger partial charge in [0.15, 0.2) is 0 Å². The van der Waals surface area contributed by atoms with Gasteiger partial charge in [0.1, 0.15) is 0 Å². The van der Waals surface area contributed by atoms with Crippen LogP contribution in [0, 0.1) is 5.95 Å². The van der Waals surface area contributed by atoms with Crippen LogP contribution in [0.1, 0.15) is 7.43 Å². The number of halogens is 1. The van der Waals surface area contributed by atoms with Gasteiger partial charge in [-0.3, -0.25) is 0 Å². The number of nitrogens with zero attached hydrogens (tertiary/aromatic N) is 1. The van der Waals surface area contributed by atoms with E-state index >= 15 is 0 Å². The van der Waals surface area contributed by atoms with Crippen LogP contribution in [0.25, 0.3) is 10.9 Å². The number of fused-ring (bicyclic) bond motifs is 1. The number of hydrogen-bond donors (Lipinski definition) is 0. The average Bonchev–Trinajstić information content (AvgIpc) is 2.04. The first-order chi connectivity index (χ1) is 5.36. The van der Waals surface area contributed by atoms with Crippen LogP contribution in [0.2, 0.25) is 0 Å². The maximum Gasteiger partial charge on any atom is 0.213 e. The number of hydrogen-bond acceptors (Lipinski definition) is 1. The van der Waals surface area contributed by atoms with Gasteiger partial charge in [0, 0.05) is 5.39 Å². The molecule has 2 rings (SSSR count). The molecule has 0 spiro atoms. The van der Waals surface area contributed by atoms with Crippen LogP contribution in [-0.2, 0) is 0 Å². The Kier molecular flexibility index (Phi) is 2.38. The standard InChI is InChI=1S/C9H6FN.CH4/c10-9-6-5-7-3-1-2-4-8(7)11-9;/h1-6H;1H4. The SMILES string of the molecule is C.Fc1ccc2ccccc2n1. The van der Waals surface area contributed by atoms with Gasteiger partial charge in [-0.25, -0.2) is 4.98 Å². The molecule has 0 saturated heterocycles. The summed E-state index contributed by atoms with van der Waals surface area (Å²) < 4.78 is 12.5. The lowest BCUT2D eigenvalue weighted by atomic mass is 10.2. The Morgan fingerprint density at radius 2 is 1.75 bits per heavy atom. The van der Waals surface area contributed by atoms with Crippen molar-refractivity contribution in [3.8, 4) is 0 Å². The van der Waals surface area contributed by atoms with Gasteiger partial charge in [0.2, 0.25) is 5.95 Å². The third-order valence-electron chi connectivity index (χ3n) is 1.56. The van der Waals surface area contributed by atoms with Gasteiger partial charge in [-0.15, -0.1) is 0 Å². The fraction of sp³-hybridized carbons (Fsp3) is 0.100. The van der Waals surface area contributed by atoms with Crippen molar-refractivity contribution < 1.29 is 4.39 Å². The van der Waals surface area contributed by atoms with Crippen molar-refractivity contribution in [3.05, 3.63) is 42.3 Å². The second kappa shape index (κ2) is 3.30. The summed E-state index contributed by atoms with van der Waals surface area (Å²) in [6.45, 7) is 0. The second-order valence-corrected chi connectivity index (χ2v) is 2.33. The maximum atomic E-state index is 12.5. The normalized spacial score (nSPS) is 9.42. The van der Waals surface area contributed by atoms with Gasteiger partial charge < -0.3 is 0 Å². The van der Waals surface area contributed by atoms with Crippen LogP contribution in [-0.4, -0.2) is 4.98 Å². The van der Waals surface area contributed by atoms with Gasteiger partial charge in [-0.2, -0.15) is 4.39 Å². The van der Waals surface area contributed by atoms with Gasteiger partial charge in [0.05, 0.1) is 5.52 Å². The zero-order valence-electron chi connectivity index (χ0n) is 5.79. The molecule has 1 nitrogen and oxygen atoms in total. The highest BCUT2D eigenvalue weighted by Gasteiger charge is 1.93. The van der Waals surface area contributed by atoms with Crippen molar-refractivity contribution in [3.63, 3.8) is 0 Å². The Bertz CT molecular complexity index is 384. The molecule has 0 radical (unpaired) electrons. The molecule has 62 valence electrons. The van der Waals surface area contributed by atoms with Gasteiger partial charge in [0.25, 0.3) is 0 Å². The zero-order valence-corrected chi connectivity index (χ0v) is 5.79. The predicted octanol–water partition coefficient (Wildman–Crippen LogP) is 3.01. The summed E-state index contributed by atoms with van der Waals surface area (Å²) in [4.78, 5) is 3.71. The van der Waals surface area contributed by atoms with E-state index in [0.29, 0.717) is 5.52 Å². The van der Waals surface area contributed by atoms with Crippen LogP contribution in [0.3, 0.4) is 0 Å². The van der Waals surface area contributed by atoms with Crippen LogP contribution in [0.15, 0.2) is 36.4 Å². The number of para-hydroxylation sites is 1. The third-order valence-corrected chi connectivity index (χ3v) is 1.56. The Morgan fingerprint density at radius 3 is 2.58 bits per heavy atom. The lowest BCUT2D eigenvalue weighted by molar-refractivity contribution is 0.589. The van der Waals surface area contributed by atoms with Crippen molar-refractivity contribution in [2.24, 2.45) is 0 Å². The molecule has 1 aromatic heterocycles. The lowest BCUT2D eigenvalue weighted by Crippen LogP contribution is -1.81. The minimum absolute atomic E-state index is 0. The minimum Gasteiger partial charge on any atom is -0.220 e. The van der Waals surface area contributed by atoms with E-state index in [1.165, 1.54) is 6.07 Å². The molecular formula is C10H10FN. The molecule has 0 aliphatic rings. The second-order valence-electron chi connectivity index (χ2n) is 2.33. The summed E-state index contributed by atoms with van der Waals surface area (Å²) in [6.07, 6.45) is 0. The fourth-order valence-corrected chi connectivity index (χ4v) is 1.04. The molecule has 0 aliphatic carbocycles. The van der Waals surface area contributed by atoms with Crippen LogP contribution >= 0.6 is 0 Å². The number of pyridine rings is 1. The first-order valence-electron chi connectivity index (χ1n) is 3.37. The quantitative estimate of drug-likeness (QED) is 0.544. The largest absolute Gasteiger partial charge is 0.220 e. The van der Waals surface area contributed by atoms with Crippen LogP contribution in [0.4, 0.5) is 4.39 Å². The third kappa shape index (κ3) is 1.42. The maximum absolute atomic E-state index is 12.5. The lowest BCUT2D eigenvalue weighted by Gasteiger charge is -1.93. The Morgan fingerprint density at radius 1 is 1.00 bits per heavy atom. The van der Waals surface area contributed by atoms with E-state index in [9.17, 15) is 4.39 Å². The molecule has 12 heavy (non-hydrogen) atoms. The molecule has 2 aromatic rings. The van der Waals surface area contributed by atoms with Crippen molar-refractivity contribution in [2.45, 2.75) is 7.43 Å². The van der Waals surface area contributed by atoms with E-state index in [1.54, 1.807) is 12.1 Å². The first kappa shape index (κ1) is 8.65. The predicted molar refractivity (Wildman–Crippen MR) is 48.4 cm³/mol. The number of rotatable bonds is 0. The van der Waals surface area contributed by atoms with E-state index in [2.05, 4.69) is 4.98 Å². The molecule has 0 unspecified atom stereocenters. The summed E-state index contributed by atoms with van der Waals surface area (Å²) in [7, 11) is 0. The molecule has 2 heteroatoms. The number of benzene rings is 1. The monoisotopic (exact) mass is 163 g/mol. The molecule has 0 saturated carbocycles. The summed E-state index contributed by atoms with van der Waals surface area (Å²) in [5, 5.41) is 0.967. The van der Waals surface area contributed by atoms with Crippen molar-refractivity contribution >= 4 is 10.9 Å². The zero-order chi connectivity index (χ0) is 7.68.